The van der Waals surface area contributed by atoms with E-state index < -0.39 is 53.9 Å². The topological polar surface area (TPSA) is 175 Å². The normalized spacial score (nSPS) is 12.9. The minimum absolute atomic E-state index is 0.0281. The summed E-state index contributed by atoms with van der Waals surface area (Å²) in [7, 11) is 0. The molecule has 5 aromatic carbocycles. The van der Waals surface area contributed by atoms with Crippen LogP contribution in [0.25, 0.3) is 11.1 Å². The van der Waals surface area contributed by atoms with E-state index in [1.165, 1.54) is 0 Å². The highest BCUT2D eigenvalue weighted by molar-refractivity contribution is 5.90. The first-order chi connectivity index (χ1) is 31.1. The van der Waals surface area contributed by atoms with Crippen LogP contribution in [-0.4, -0.2) is 60.5 Å². The van der Waals surface area contributed by atoms with Crippen LogP contribution in [0, 0.1) is 0 Å². The number of ether oxygens (including phenoxy) is 4. The average molecular weight is 868 g/mol. The van der Waals surface area contributed by atoms with E-state index >= 15 is 0 Å². The minimum Gasteiger partial charge on any atom is -0.461 e. The first kappa shape index (κ1) is 46.2. The van der Waals surface area contributed by atoms with E-state index in [0.717, 1.165) is 33.4 Å². The molecule has 0 aliphatic heterocycles. The number of hydrogen-bond donors (Lipinski definition) is 3. The highest BCUT2D eigenvalue weighted by Crippen LogP contribution is 2.44. The van der Waals surface area contributed by atoms with Crippen LogP contribution in [0.3, 0.4) is 0 Å². The van der Waals surface area contributed by atoms with Crippen molar-refractivity contribution in [3.63, 3.8) is 0 Å². The van der Waals surface area contributed by atoms with E-state index in [-0.39, 0.29) is 64.4 Å². The Kier molecular flexibility index (Phi) is 17.2. The molecule has 0 bridgehead atoms. The molecule has 0 saturated heterocycles. The Hall–Kier alpha value is -7.28. The van der Waals surface area contributed by atoms with Gasteiger partial charge in [0.05, 0.1) is 0 Å². The summed E-state index contributed by atoms with van der Waals surface area (Å²) in [6.07, 6.45) is -1.32. The van der Waals surface area contributed by atoms with Crippen LogP contribution in [0.15, 0.2) is 140 Å². The van der Waals surface area contributed by atoms with E-state index in [2.05, 4.69) is 16.0 Å². The van der Waals surface area contributed by atoms with Crippen molar-refractivity contribution in [3.05, 3.63) is 167 Å². The van der Waals surface area contributed by atoms with Crippen LogP contribution in [0.4, 0.5) is 4.79 Å². The van der Waals surface area contributed by atoms with Crippen molar-refractivity contribution in [3.8, 4) is 11.1 Å². The number of amides is 3. The minimum atomic E-state index is -1.35. The molecule has 1 aliphatic carbocycles. The number of esters is 3. The molecular weight excluding hydrogens is 815 g/mol. The van der Waals surface area contributed by atoms with Gasteiger partial charge in [-0.15, -0.1) is 0 Å². The molecule has 5 aromatic rings. The molecule has 13 heteroatoms. The van der Waals surface area contributed by atoms with Gasteiger partial charge >= 0.3 is 24.0 Å². The first-order valence-electron chi connectivity index (χ1n) is 21.4. The van der Waals surface area contributed by atoms with E-state index in [9.17, 15) is 28.8 Å². The van der Waals surface area contributed by atoms with Crippen LogP contribution < -0.4 is 16.0 Å². The lowest BCUT2D eigenvalue weighted by Gasteiger charge is -2.23. The predicted octanol–water partition coefficient (Wildman–Crippen LogP) is 7.45. The molecular formula is C51H53N3O10. The van der Waals surface area contributed by atoms with Gasteiger partial charge in [-0.1, -0.05) is 140 Å². The van der Waals surface area contributed by atoms with Gasteiger partial charge in [0.25, 0.3) is 0 Å². The molecule has 13 nitrogen and oxygen atoms in total. The van der Waals surface area contributed by atoms with Crippen molar-refractivity contribution in [1.82, 2.24) is 16.0 Å². The van der Waals surface area contributed by atoms with Crippen molar-refractivity contribution >= 4 is 35.8 Å². The largest absolute Gasteiger partial charge is 0.461 e. The zero-order chi connectivity index (χ0) is 45.1. The second kappa shape index (κ2) is 23.8. The Bertz CT molecular complexity index is 2300. The molecule has 3 unspecified atom stereocenters. The van der Waals surface area contributed by atoms with Gasteiger partial charge in [-0.25, -0.2) is 9.59 Å². The number of benzene rings is 5. The lowest BCUT2D eigenvalue weighted by Crippen LogP contribution is -2.52. The maximum absolute atomic E-state index is 14.1. The number of alkyl carbamates (subject to hydrolysis) is 1. The van der Waals surface area contributed by atoms with Gasteiger partial charge in [0, 0.05) is 31.2 Å². The summed E-state index contributed by atoms with van der Waals surface area (Å²) < 4.78 is 22.1. The lowest BCUT2D eigenvalue weighted by atomic mass is 9.98. The fourth-order valence-electron chi connectivity index (χ4n) is 7.31. The summed E-state index contributed by atoms with van der Waals surface area (Å²) in [6, 6.07) is 40.0. The van der Waals surface area contributed by atoms with E-state index in [4.69, 9.17) is 18.9 Å². The molecule has 64 heavy (non-hydrogen) atoms. The molecule has 0 spiro atoms. The fraction of sp³-hybridized carbons (Fsp3) is 0.294. The molecule has 0 radical (unpaired) electrons. The summed E-state index contributed by atoms with van der Waals surface area (Å²) in [5.41, 5.74) is 6.44. The zero-order valence-corrected chi connectivity index (χ0v) is 35.7. The Balaban J connectivity index is 1.10. The number of carbonyl (C=O) groups is 6. The molecule has 332 valence electrons. The summed E-state index contributed by atoms with van der Waals surface area (Å²) >= 11 is 0. The predicted molar refractivity (Wildman–Crippen MR) is 238 cm³/mol. The Labute approximate surface area is 372 Å². The third-order valence-electron chi connectivity index (χ3n) is 10.7. The molecule has 0 aromatic heterocycles. The number of carbonyl (C=O) groups excluding carboxylic acids is 6. The summed E-state index contributed by atoms with van der Waals surface area (Å²) in [5.74, 6) is -3.29. The van der Waals surface area contributed by atoms with Crippen molar-refractivity contribution in [2.24, 2.45) is 0 Å². The summed E-state index contributed by atoms with van der Waals surface area (Å²) in [4.78, 5) is 79.6. The third-order valence-corrected chi connectivity index (χ3v) is 10.7. The second-order valence-corrected chi connectivity index (χ2v) is 15.6. The quantitative estimate of drug-likeness (QED) is 0.0468. The van der Waals surface area contributed by atoms with Crippen molar-refractivity contribution in [1.29, 1.82) is 0 Å². The monoisotopic (exact) mass is 867 g/mol. The first-order valence-corrected chi connectivity index (χ1v) is 21.4. The highest BCUT2D eigenvalue weighted by Gasteiger charge is 2.32. The van der Waals surface area contributed by atoms with E-state index in [0.29, 0.717) is 12.0 Å². The van der Waals surface area contributed by atoms with Gasteiger partial charge in [-0.05, 0) is 65.1 Å². The number of fused-ring (bicyclic) bond motifs is 3. The van der Waals surface area contributed by atoms with Crippen molar-refractivity contribution < 1.29 is 47.7 Å². The van der Waals surface area contributed by atoms with Gasteiger partial charge in [-0.3, -0.25) is 19.2 Å². The molecule has 0 heterocycles. The molecule has 0 fully saturated rings. The van der Waals surface area contributed by atoms with Gasteiger partial charge in [0.1, 0.15) is 38.5 Å². The Morgan fingerprint density at radius 1 is 0.484 bits per heavy atom. The van der Waals surface area contributed by atoms with Crippen LogP contribution >= 0.6 is 0 Å². The second-order valence-electron chi connectivity index (χ2n) is 15.6. The maximum Gasteiger partial charge on any atom is 0.407 e. The SMILES string of the molecule is CC(CCC(=O)OCc1ccccc1)NC(=O)CCC(NC(=O)OCC1c2ccccc2-c2ccccc21)C(=O)NC(CCC(=O)OCc1ccccc1)C(=O)OCc1ccccc1. The van der Waals surface area contributed by atoms with E-state index in [1.807, 2.05) is 115 Å². The van der Waals surface area contributed by atoms with Crippen LogP contribution in [0.1, 0.15) is 79.2 Å². The van der Waals surface area contributed by atoms with Crippen LogP contribution in [0.2, 0.25) is 0 Å². The summed E-state index contributed by atoms with van der Waals surface area (Å²) in [6.45, 7) is 1.80. The molecule has 3 atom stereocenters. The molecule has 3 amide bonds. The van der Waals surface area contributed by atoms with Gasteiger partial charge in [-0.2, -0.15) is 0 Å². The van der Waals surface area contributed by atoms with Crippen LogP contribution in [-0.2, 0) is 62.7 Å². The van der Waals surface area contributed by atoms with Gasteiger partial charge in [0.2, 0.25) is 11.8 Å². The standard InChI is InChI=1S/C51H53N3O10/c1-35(25-29-47(56)61-31-36-15-5-2-6-16-36)52-46(55)28-26-44(54-51(60)64-34-43-41-23-13-11-21-39(41)40-22-12-14-24-42(40)43)49(58)53-45(50(59)63-33-38-19-9-4-10-20-38)27-30-48(57)62-32-37-17-7-3-8-18-37/h2-24,35,43-45H,25-34H2,1H3,(H,52,55)(H,53,58)(H,54,60). The molecule has 0 saturated carbocycles. The lowest BCUT2D eigenvalue weighted by molar-refractivity contribution is -0.151. The Morgan fingerprint density at radius 3 is 1.47 bits per heavy atom. The van der Waals surface area contributed by atoms with Crippen molar-refractivity contribution in [2.75, 3.05) is 6.61 Å². The summed E-state index contributed by atoms with van der Waals surface area (Å²) in [5, 5.41) is 8.11. The number of hydrogen-bond acceptors (Lipinski definition) is 10. The molecule has 3 N–H and O–H groups in total. The van der Waals surface area contributed by atoms with Crippen molar-refractivity contribution in [2.45, 2.75) is 89.3 Å². The third kappa shape index (κ3) is 14.1. The smallest absolute Gasteiger partial charge is 0.407 e. The number of rotatable bonds is 22. The van der Waals surface area contributed by atoms with Crippen LogP contribution in [0.5, 0.6) is 0 Å². The molecule has 1 aliphatic rings. The fourth-order valence-corrected chi connectivity index (χ4v) is 7.31. The van der Waals surface area contributed by atoms with E-state index in [1.54, 1.807) is 31.2 Å². The highest BCUT2D eigenvalue weighted by atomic mass is 16.6. The van der Waals surface area contributed by atoms with Gasteiger partial charge in [0.15, 0.2) is 0 Å². The maximum atomic E-state index is 14.1. The molecule has 6 rings (SSSR count). The zero-order valence-electron chi connectivity index (χ0n) is 35.7. The average Bonchev–Trinajstić information content (AvgIpc) is 3.64. The number of nitrogens with one attached hydrogen (secondary N) is 3. The Morgan fingerprint density at radius 2 is 0.938 bits per heavy atom. The van der Waals surface area contributed by atoms with Gasteiger partial charge < -0.3 is 34.9 Å².